The van der Waals surface area contributed by atoms with Gasteiger partial charge < -0.3 is 30.0 Å². The van der Waals surface area contributed by atoms with Crippen molar-refractivity contribution in [2.75, 3.05) is 67.6 Å². The lowest BCUT2D eigenvalue weighted by Crippen LogP contribution is -2.39. The average molecular weight is 497 g/mol. The van der Waals surface area contributed by atoms with Gasteiger partial charge in [0.05, 0.1) is 24.6 Å². The Kier molecular flexibility index (Phi) is 7.72. The largest absolute Gasteiger partial charge is 0.431 e. The first-order valence-corrected chi connectivity index (χ1v) is 13.1. The molecule has 3 saturated heterocycles. The van der Waals surface area contributed by atoms with Crippen LogP contribution in [0.4, 0.5) is 17.4 Å². The number of likely N-dealkylation sites (tertiary alicyclic amines) is 1. The lowest BCUT2D eigenvalue weighted by atomic mass is 9.95. The quantitative estimate of drug-likeness (QED) is 0.600. The molecule has 194 valence electrons. The lowest BCUT2D eigenvalue weighted by Gasteiger charge is -2.34. The van der Waals surface area contributed by atoms with Gasteiger partial charge in [0.15, 0.2) is 5.69 Å². The standard InChI is InChI=1S/C26H36N6O4/c27-24(33)20-6-10-31(11-7-20)23-16-19(17-30-8-2-1-3-9-30)4-5-21(23)28-25(34)22-18-36-26(29-22)32-12-14-35-15-13-32/h4-5,16,18,20H,1-3,6-15,17H2,(H2,27,33)(H,28,34). The maximum Gasteiger partial charge on any atom is 0.298 e. The second-order valence-electron chi connectivity index (χ2n) is 9.92. The van der Waals surface area contributed by atoms with E-state index < -0.39 is 0 Å². The van der Waals surface area contributed by atoms with Crippen molar-refractivity contribution in [3.8, 4) is 0 Å². The first kappa shape index (κ1) is 24.6. The zero-order valence-corrected chi connectivity index (χ0v) is 20.8. The number of ether oxygens (including phenoxy) is 1. The van der Waals surface area contributed by atoms with Crippen molar-refractivity contribution in [3.05, 3.63) is 35.7 Å². The van der Waals surface area contributed by atoms with E-state index >= 15 is 0 Å². The summed E-state index contributed by atoms with van der Waals surface area (Å²) in [5.41, 5.74) is 8.71. The number of nitrogens with two attached hydrogens (primary N) is 1. The minimum absolute atomic E-state index is 0.0930. The third kappa shape index (κ3) is 5.82. The third-order valence-electron chi connectivity index (χ3n) is 7.41. The molecule has 10 nitrogen and oxygen atoms in total. The van der Waals surface area contributed by atoms with Crippen LogP contribution in [0.5, 0.6) is 0 Å². The summed E-state index contributed by atoms with van der Waals surface area (Å²) in [6.45, 7) is 7.17. The summed E-state index contributed by atoms with van der Waals surface area (Å²) < 4.78 is 11.0. The SMILES string of the molecule is NC(=O)C1CCN(c2cc(CN3CCCCC3)ccc2NC(=O)c2coc(N3CCOCC3)n2)CC1. The molecule has 36 heavy (non-hydrogen) atoms. The lowest BCUT2D eigenvalue weighted by molar-refractivity contribution is -0.122. The van der Waals surface area contributed by atoms with Crippen molar-refractivity contribution in [1.82, 2.24) is 9.88 Å². The van der Waals surface area contributed by atoms with Crippen molar-refractivity contribution >= 4 is 29.2 Å². The molecule has 1 aromatic heterocycles. The van der Waals surface area contributed by atoms with Crippen LogP contribution < -0.4 is 20.9 Å². The number of oxazole rings is 1. The van der Waals surface area contributed by atoms with E-state index in [1.54, 1.807) is 0 Å². The number of piperidine rings is 2. The first-order valence-electron chi connectivity index (χ1n) is 13.1. The van der Waals surface area contributed by atoms with Crippen LogP contribution in [0, 0.1) is 5.92 Å². The molecule has 0 bridgehead atoms. The highest BCUT2D eigenvalue weighted by Crippen LogP contribution is 2.32. The van der Waals surface area contributed by atoms with Crippen LogP contribution in [0.2, 0.25) is 0 Å². The molecule has 1 aromatic carbocycles. The van der Waals surface area contributed by atoms with Gasteiger partial charge in [0, 0.05) is 38.6 Å². The zero-order chi connectivity index (χ0) is 24.9. The number of rotatable bonds is 7. The molecule has 2 aromatic rings. The van der Waals surface area contributed by atoms with Gasteiger partial charge >= 0.3 is 0 Å². The van der Waals surface area contributed by atoms with Crippen molar-refractivity contribution in [1.29, 1.82) is 0 Å². The van der Waals surface area contributed by atoms with Crippen LogP contribution in [-0.4, -0.2) is 74.2 Å². The number of benzene rings is 1. The monoisotopic (exact) mass is 496 g/mol. The highest BCUT2D eigenvalue weighted by Gasteiger charge is 2.26. The van der Waals surface area contributed by atoms with Crippen LogP contribution in [0.25, 0.3) is 0 Å². The van der Waals surface area contributed by atoms with Gasteiger partial charge in [-0.25, -0.2) is 0 Å². The van der Waals surface area contributed by atoms with E-state index in [1.165, 1.54) is 31.1 Å². The Balaban J connectivity index is 1.33. The first-order chi connectivity index (χ1) is 17.6. The normalized spacial score (nSPS) is 19.9. The third-order valence-corrected chi connectivity index (χ3v) is 7.41. The maximum atomic E-state index is 13.1. The topological polar surface area (TPSA) is 117 Å². The van der Waals surface area contributed by atoms with Gasteiger partial charge in [-0.05, 0) is 56.5 Å². The zero-order valence-electron chi connectivity index (χ0n) is 20.8. The molecule has 0 radical (unpaired) electrons. The van der Waals surface area contributed by atoms with E-state index in [4.69, 9.17) is 14.9 Å². The van der Waals surface area contributed by atoms with Crippen LogP contribution in [0.1, 0.15) is 48.2 Å². The Morgan fingerprint density at radius 3 is 2.47 bits per heavy atom. The van der Waals surface area contributed by atoms with Crippen LogP contribution >= 0.6 is 0 Å². The summed E-state index contributed by atoms with van der Waals surface area (Å²) in [6, 6.07) is 6.69. The predicted molar refractivity (Wildman–Crippen MR) is 137 cm³/mol. The Morgan fingerprint density at radius 1 is 1.00 bits per heavy atom. The fourth-order valence-corrected chi connectivity index (χ4v) is 5.28. The summed E-state index contributed by atoms with van der Waals surface area (Å²) in [5.74, 6) is -0.635. The molecule has 10 heteroatoms. The highest BCUT2D eigenvalue weighted by atomic mass is 16.5. The van der Waals surface area contributed by atoms with E-state index in [0.717, 1.165) is 44.1 Å². The molecular weight excluding hydrogens is 460 g/mol. The summed E-state index contributed by atoms with van der Waals surface area (Å²) in [5, 5.41) is 3.05. The minimum atomic E-state index is -0.310. The minimum Gasteiger partial charge on any atom is -0.431 e. The van der Waals surface area contributed by atoms with E-state index in [-0.39, 0.29) is 23.4 Å². The summed E-state index contributed by atoms with van der Waals surface area (Å²) in [6.07, 6.45) is 6.62. The fraction of sp³-hybridized carbons (Fsp3) is 0.577. The van der Waals surface area contributed by atoms with Gasteiger partial charge in [-0.2, -0.15) is 4.98 Å². The molecule has 2 amide bonds. The number of nitrogens with one attached hydrogen (secondary N) is 1. The Hall–Kier alpha value is -3.11. The van der Waals surface area contributed by atoms with Crippen LogP contribution in [0.15, 0.2) is 28.9 Å². The number of primary amides is 1. The van der Waals surface area contributed by atoms with Gasteiger partial charge in [-0.1, -0.05) is 12.5 Å². The van der Waals surface area contributed by atoms with Gasteiger partial charge in [0.2, 0.25) is 5.91 Å². The molecule has 4 heterocycles. The number of carbonyl (C=O) groups excluding carboxylic acids is 2. The molecule has 5 rings (SSSR count). The molecule has 3 aliphatic rings. The number of anilines is 3. The number of morpholine rings is 1. The molecule has 0 saturated carbocycles. The van der Waals surface area contributed by atoms with E-state index in [2.05, 4.69) is 32.2 Å². The second-order valence-corrected chi connectivity index (χ2v) is 9.92. The molecule has 3 N–H and O–H groups in total. The van der Waals surface area contributed by atoms with Gasteiger partial charge in [-0.3, -0.25) is 14.5 Å². The van der Waals surface area contributed by atoms with Crippen molar-refractivity contribution < 1.29 is 18.7 Å². The van der Waals surface area contributed by atoms with Crippen molar-refractivity contribution in [2.24, 2.45) is 11.7 Å². The van der Waals surface area contributed by atoms with E-state index in [0.29, 0.717) is 45.2 Å². The average Bonchev–Trinajstić information content (AvgIpc) is 3.41. The molecule has 3 aliphatic heterocycles. The molecule has 0 atom stereocenters. The number of carbonyl (C=O) groups is 2. The Labute approximate surface area is 211 Å². The number of nitrogens with zero attached hydrogens (tertiary/aromatic N) is 4. The Bertz CT molecular complexity index is 1050. The van der Waals surface area contributed by atoms with E-state index in [1.807, 2.05) is 11.0 Å². The van der Waals surface area contributed by atoms with Crippen molar-refractivity contribution in [3.63, 3.8) is 0 Å². The molecule has 0 unspecified atom stereocenters. The van der Waals surface area contributed by atoms with Gasteiger partial charge in [0.1, 0.15) is 6.26 Å². The van der Waals surface area contributed by atoms with Crippen LogP contribution in [-0.2, 0) is 16.1 Å². The number of hydrogen-bond donors (Lipinski definition) is 2. The maximum absolute atomic E-state index is 13.1. The van der Waals surface area contributed by atoms with Crippen LogP contribution in [0.3, 0.4) is 0 Å². The molecule has 0 spiro atoms. The molecular formula is C26H36N6O4. The predicted octanol–water partition coefficient (Wildman–Crippen LogP) is 2.45. The smallest absolute Gasteiger partial charge is 0.298 e. The molecule has 3 fully saturated rings. The van der Waals surface area contributed by atoms with Gasteiger partial charge in [-0.15, -0.1) is 0 Å². The molecule has 0 aliphatic carbocycles. The summed E-state index contributed by atoms with van der Waals surface area (Å²) in [7, 11) is 0. The summed E-state index contributed by atoms with van der Waals surface area (Å²) >= 11 is 0. The highest BCUT2D eigenvalue weighted by molar-refractivity contribution is 6.04. The number of hydrogen-bond acceptors (Lipinski definition) is 8. The van der Waals surface area contributed by atoms with Gasteiger partial charge in [0.25, 0.3) is 11.9 Å². The van der Waals surface area contributed by atoms with E-state index in [9.17, 15) is 9.59 Å². The second kappa shape index (κ2) is 11.3. The van der Waals surface area contributed by atoms with Crippen molar-refractivity contribution in [2.45, 2.75) is 38.6 Å². The number of amides is 2. The fourth-order valence-electron chi connectivity index (χ4n) is 5.28. The number of aromatic nitrogens is 1. The Morgan fingerprint density at radius 2 is 1.75 bits per heavy atom. The summed E-state index contributed by atoms with van der Waals surface area (Å²) in [4.78, 5) is 35.9.